The fourth-order valence-electron chi connectivity index (χ4n) is 2.26. The van der Waals surface area contributed by atoms with Crippen molar-refractivity contribution in [2.24, 2.45) is 0 Å². The lowest BCUT2D eigenvalue weighted by Crippen LogP contribution is -2.23. The first-order chi connectivity index (χ1) is 10.4. The zero-order valence-corrected chi connectivity index (χ0v) is 11.8. The Morgan fingerprint density at radius 3 is 1.71 bits per heavy atom. The van der Waals surface area contributed by atoms with Crippen LogP contribution in [0.3, 0.4) is 0 Å². The van der Waals surface area contributed by atoms with Gasteiger partial charge in [0.15, 0.2) is 5.60 Å². The highest BCUT2D eigenvalue weighted by Gasteiger charge is 2.31. The SMILES string of the molecule is C(#CC1(C#Cc2ccccc2)CCCO1)c1ccccc1. The second-order valence-corrected chi connectivity index (χ2v) is 5.01. The second-order valence-electron chi connectivity index (χ2n) is 5.01. The Morgan fingerprint density at radius 2 is 1.29 bits per heavy atom. The van der Waals surface area contributed by atoms with Gasteiger partial charge in [-0.25, -0.2) is 0 Å². The van der Waals surface area contributed by atoms with E-state index in [0.29, 0.717) is 0 Å². The summed E-state index contributed by atoms with van der Waals surface area (Å²) < 4.78 is 5.84. The van der Waals surface area contributed by atoms with Crippen LogP contribution < -0.4 is 0 Å². The van der Waals surface area contributed by atoms with E-state index in [1.165, 1.54) is 0 Å². The van der Waals surface area contributed by atoms with Crippen molar-refractivity contribution in [3.05, 3.63) is 71.8 Å². The van der Waals surface area contributed by atoms with E-state index in [9.17, 15) is 0 Å². The molecule has 1 heterocycles. The van der Waals surface area contributed by atoms with Gasteiger partial charge in [0.25, 0.3) is 0 Å². The maximum atomic E-state index is 5.84. The van der Waals surface area contributed by atoms with Crippen LogP contribution in [0.4, 0.5) is 0 Å². The maximum absolute atomic E-state index is 5.84. The van der Waals surface area contributed by atoms with Crippen LogP contribution >= 0.6 is 0 Å². The van der Waals surface area contributed by atoms with E-state index in [1.54, 1.807) is 0 Å². The van der Waals surface area contributed by atoms with Crippen molar-refractivity contribution >= 4 is 0 Å². The molecule has 2 aromatic carbocycles. The molecular formula is C20H16O. The normalized spacial score (nSPS) is 15.4. The highest BCUT2D eigenvalue weighted by atomic mass is 16.5. The van der Waals surface area contributed by atoms with Crippen molar-refractivity contribution in [2.45, 2.75) is 18.4 Å². The molecule has 0 aromatic heterocycles. The molecule has 2 aromatic rings. The third-order valence-electron chi connectivity index (χ3n) is 3.39. The van der Waals surface area contributed by atoms with Crippen molar-refractivity contribution in [3.63, 3.8) is 0 Å². The Kier molecular flexibility index (Phi) is 4.06. The summed E-state index contributed by atoms with van der Waals surface area (Å²) in [5.74, 6) is 12.8. The van der Waals surface area contributed by atoms with Crippen LogP contribution in [0.1, 0.15) is 24.0 Å². The van der Waals surface area contributed by atoms with Gasteiger partial charge in [-0.2, -0.15) is 0 Å². The lowest BCUT2D eigenvalue weighted by atomic mass is 10.00. The van der Waals surface area contributed by atoms with Crippen molar-refractivity contribution in [2.75, 3.05) is 6.61 Å². The van der Waals surface area contributed by atoms with Crippen LogP contribution in [-0.2, 0) is 4.74 Å². The third-order valence-corrected chi connectivity index (χ3v) is 3.39. The highest BCUT2D eigenvalue weighted by molar-refractivity contribution is 5.44. The van der Waals surface area contributed by atoms with Crippen LogP contribution in [0, 0.1) is 23.7 Å². The summed E-state index contributed by atoms with van der Waals surface area (Å²) in [5.41, 5.74) is 1.37. The molecule has 3 rings (SSSR count). The van der Waals surface area contributed by atoms with Crippen LogP contribution in [0.15, 0.2) is 60.7 Å². The van der Waals surface area contributed by atoms with E-state index in [2.05, 4.69) is 23.7 Å². The summed E-state index contributed by atoms with van der Waals surface area (Å²) in [6.45, 7) is 0.729. The molecule has 0 bridgehead atoms. The van der Waals surface area contributed by atoms with E-state index in [0.717, 1.165) is 30.6 Å². The zero-order chi connectivity index (χ0) is 14.4. The predicted molar refractivity (Wildman–Crippen MR) is 84.6 cm³/mol. The van der Waals surface area contributed by atoms with Crippen molar-refractivity contribution in [3.8, 4) is 23.7 Å². The molecule has 21 heavy (non-hydrogen) atoms. The first kappa shape index (κ1) is 13.5. The Balaban J connectivity index is 1.88. The Hall–Kier alpha value is -2.48. The molecule has 0 unspecified atom stereocenters. The van der Waals surface area contributed by atoms with E-state index in [4.69, 9.17) is 4.74 Å². The Labute approximate surface area is 126 Å². The Bertz CT molecular complexity index is 643. The third kappa shape index (κ3) is 3.54. The van der Waals surface area contributed by atoms with Gasteiger partial charge >= 0.3 is 0 Å². The van der Waals surface area contributed by atoms with Crippen molar-refractivity contribution in [1.29, 1.82) is 0 Å². The maximum Gasteiger partial charge on any atom is 0.190 e. The van der Waals surface area contributed by atoms with Crippen molar-refractivity contribution in [1.82, 2.24) is 0 Å². The minimum atomic E-state index is -0.619. The summed E-state index contributed by atoms with van der Waals surface area (Å²) in [4.78, 5) is 0. The van der Waals surface area contributed by atoms with Gasteiger partial charge in [-0.15, -0.1) is 0 Å². The summed E-state index contributed by atoms with van der Waals surface area (Å²) in [7, 11) is 0. The second kappa shape index (κ2) is 6.31. The van der Waals surface area contributed by atoms with E-state index >= 15 is 0 Å². The van der Waals surface area contributed by atoms with Crippen LogP contribution in [0.5, 0.6) is 0 Å². The minimum Gasteiger partial charge on any atom is -0.351 e. The fourth-order valence-corrected chi connectivity index (χ4v) is 2.26. The molecule has 1 nitrogen and oxygen atoms in total. The fraction of sp³-hybridized carbons (Fsp3) is 0.200. The lowest BCUT2D eigenvalue weighted by Gasteiger charge is -2.13. The van der Waals surface area contributed by atoms with E-state index in [-0.39, 0.29) is 0 Å². The molecule has 0 N–H and O–H groups in total. The minimum absolute atomic E-state index is 0.619. The first-order valence-corrected chi connectivity index (χ1v) is 7.17. The number of ether oxygens (including phenoxy) is 1. The van der Waals surface area contributed by atoms with Crippen molar-refractivity contribution < 1.29 is 4.74 Å². The molecule has 1 heteroatoms. The van der Waals surface area contributed by atoms with Gasteiger partial charge in [-0.3, -0.25) is 0 Å². The summed E-state index contributed by atoms with van der Waals surface area (Å²) >= 11 is 0. The molecule has 0 aliphatic carbocycles. The molecular weight excluding hydrogens is 256 g/mol. The molecule has 0 spiro atoms. The summed E-state index contributed by atoms with van der Waals surface area (Å²) in [5, 5.41) is 0. The summed E-state index contributed by atoms with van der Waals surface area (Å²) in [6.07, 6.45) is 1.87. The van der Waals surface area contributed by atoms with Gasteiger partial charge in [-0.1, -0.05) is 48.2 Å². The molecule has 0 radical (unpaired) electrons. The van der Waals surface area contributed by atoms with Crippen LogP contribution in [0.25, 0.3) is 0 Å². The molecule has 0 atom stereocenters. The van der Waals surface area contributed by atoms with Gasteiger partial charge in [0.2, 0.25) is 0 Å². The predicted octanol–water partition coefficient (Wildman–Crippen LogP) is 3.64. The number of benzene rings is 2. The van der Waals surface area contributed by atoms with Crippen LogP contribution in [-0.4, -0.2) is 12.2 Å². The average Bonchev–Trinajstić information content (AvgIpc) is 3.03. The van der Waals surface area contributed by atoms with Gasteiger partial charge in [0, 0.05) is 24.2 Å². The molecule has 1 saturated heterocycles. The summed E-state index contributed by atoms with van der Waals surface area (Å²) in [6, 6.07) is 19.9. The number of rotatable bonds is 0. The van der Waals surface area contributed by atoms with Gasteiger partial charge < -0.3 is 4.74 Å². The quantitative estimate of drug-likeness (QED) is 0.665. The largest absolute Gasteiger partial charge is 0.351 e. The topological polar surface area (TPSA) is 9.23 Å². The number of hydrogen-bond donors (Lipinski definition) is 0. The van der Waals surface area contributed by atoms with Crippen LogP contribution in [0.2, 0.25) is 0 Å². The standard InChI is InChI=1S/C20H16O/c1-3-8-18(9-4-1)12-15-20(14-7-17-21-20)16-13-19-10-5-2-6-11-19/h1-6,8-11H,7,14,17H2. The number of hydrogen-bond acceptors (Lipinski definition) is 1. The smallest absolute Gasteiger partial charge is 0.190 e. The molecule has 1 fully saturated rings. The first-order valence-electron chi connectivity index (χ1n) is 7.17. The molecule has 0 saturated carbocycles. The van der Waals surface area contributed by atoms with E-state index in [1.807, 2.05) is 60.7 Å². The molecule has 1 aliphatic heterocycles. The zero-order valence-electron chi connectivity index (χ0n) is 11.8. The monoisotopic (exact) mass is 272 g/mol. The average molecular weight is 272 g/mol. The van der Waals surface area contributed by atoms with Gasteiger partial charge in [0.05, 0.1) is 0 Å². The molecule has 1 aliphatic rings. The van der Waals surface area contributed by atoms with Gasteiger partial charge in [0.1, 0.15) is 0 Å². The lowest BCUT2D eigenvalue weighted by molar-refractivity contribution is 0.100. The highest BCUT2D eigenvalue weighted by Crippen LogP contribution is 2.24. The van der Waals surface area contributed by atoms with Gasteiger partial charge in [-0.05, 0) is 42.5 Å². The molecule has 0 amide bonds. The van der Waals surface area contributed by atoms with E-state index < -0.39 is 5.60 Å². The Morgan fingerprint density at radius 1 is 0.762 bits per heavy atom. The molecule has 102 valence electrons.